The number of para-hydroxylation sites is 2. The molecule has 1 rings (SSSR count). The van der Waals surface area contributed by atoms with Crippen LogP contribution in [-0.4, -0.2) is 4.92 Å². The van der Waals surface area contributed by atoms with E-state index in [1.165, 1.54) is 12.1 Å². The minimum absolute atomic E-state index is 0. The minimum Gasteiger partial charge on any atom is -1.00 e. The molecule has 0 amide bonds. The molecule has 0 atom stereocenters. The summed E-state index contributed by atoms with van der Waals surface area (Å²) in [7, 11) is 0. The van der Waals surface area contributed by atoms with Crippen molar-refractivity contribution < 1.29 is 57.7 Å². The predicted octanol–water partition coefficient (Wildman–Crippen LogP) is -1.68. The van der Waals surface area contributed by atoms with Crippen LogP contribution in [0.3, 0.4) is 0 Å². The zero-order valence-corrected chi connectivity index (χ0v) is 10.2. The van der Waals surface area contributed by atoms with Gasteiger partial charge in [0.1, 0.15) is 5.69 Å². The van der Waals surface area contributed by atoms with Crippen LogP contribution in [0.15, 0.2) is 24.3 Å². The first-order valence-corrected chi connectivity index (χ1v) is 2.90. The molecule has 7 heteroatoms. The Labute approximate surface area is 119 Å². The molecule has 0 fully saturated rings. The Morgan fingerprint density at radius 3 is 2.15 bits per heavy atom. The Hall–Kier alpha value is -0.524. The second kappa shape index (κ2) is 8.09. The summed E-state index contributed by atoms with van der Waals surface area (Å²) in [5.74, 6) is 0. The number of nitro groups is 1. The zero-order valence-electron chi connectivity index (χ0n) is 8.04. The van der Waals surface area contributed by atoms with Gasteiger partial charge >= 0.3 is 51.4 Å². The van der Waals surface area contributed by atoms with Crippen molar-refractivity contribution in [2.24, 2.45) is 0 Å². The van der Waals surface area contributed by atoms with Crippen LogP contribution >= 0.6 is 0 Å². The second-order valence-electron chi connectivity index (χ2n) is 1.82. The average Bonchev–Trinajstić information content (AvgIpc) is 2.08. The molecule has 1 aromatic rings. The molecule has 2 N–H and O–H groups in total. The molecule has 1 aromatic carbocycles. The predicted molar refractivity (Wildman–Crippen MR) is 42.1 cm³/mol. The standard InChI is InChI=1S/C6H6N2O2.K.N2.H/c7-5-3-1-2-4-6(5)8(9)10;;1-2;/h1-4H,7H2;;;/q;+1;;-1. The largest absolute Gasteiger partial charge is 1.00 e. The van der Waals surface area contributed by atoms with Gasteiger partial charge in [-0.3, -0.25) is 10.1 Å². The number of nitrogens with zero attached hydrogens (tertiary/aromatic N) is 3. The molecule has 0 saturated heterocycles. The maximum Gasteiger partial charge on any atom is 1.00 e. The molecule has 64 valence electrons. The van der Waals surface area contributed by atoms with Gasteiger partial charge in [0, 0.05) is 16.9 Å². The molecule has 0 saturated carbocycles. The quantitative estimate of drug-likeness (QED) is 0.194. The molecular formula is C6H7KN4O2. The van der Waals surface area contributed by atoms with Gasteiger partial charge in [0.05, 0.1) is 4.92 Å². The fourth-order valence-electron chi connectivity index (χ4n) is 0.654. The van der Waals surface area contributed by atoms with Crippen molar-refractivity contribution in [2.45, 2.75) is 0 Å². The molecule has 0 aliphatic rings. The number of rotatable bonds is 1. The van der Waals surface area contributed by atoms with Crippen molar-refractivity contribution in [1.29, 1.82) is 10.8 Å². The summed E-state index contributed by atoms with van der Waals surface area (Å²) in [6, 6.07) is 6.10. The van der Waals surface area contributed by atoms with Crippen LogP contribution in [0.5, 0.6) is 0 Å². The summed E-state index contributed by atoms with van der Waals surface area (Å²) in [5.41, 5.74) is 5.44. The summed E-state index contributed by atoms with van der Waals surface area (Å²) < 4.78 is 0. The molecule has 0 spiro atoms. The zero-order chi connectivity index (χ0) is 9.56. The van der Waals surface area contributed by atoms with Gasteiger partial charge in [0.15, 0.2) is 0 Å². The molecule has 0 radical (unpaired) electrons. The van der Waals surface area contributed by atoms with Crippen LogP contribution in [0.4, 0.5) is 11.4 Å². The van der Waals surface area contributed by atoms with E-state index in [1.807, 2.05) is 0 Å². The summed E-state index contributed by atoms with van der Waals surface area (Å²) in [6.45, 7) is 0. The Morgan fingerprint density at radius 2 is 1.85 bits per heavy atom. The Morgan fingerprint density at radius 1 is 1.38 bits per heavy atom. The molecule has 0 aromatic heterocycles. The summed E-state index contributed by atoms with van der Waals surface area (Å²) in [6.07, 6.45) is 0. The Bertz CT molecular complexity index is 307. The molecule has 6 nitrogen and oxygen atoms in total. The first kappa shape index (κ1) is 15.0. The number of hydrogen-bond acceptors (Lipinski definition) is 5. The van der Waals surface area contributed by atoms with E-state index in [-0.39, 0.29) is 64.2 Å². The van der Waals surface area contributed by atoms with Crippen LogP contribution in [0.25, 0.3) is 0 Å². The third-order valence-corrected chi connectivity index (χ3v) is 1.13. The first-order valence-electron chi connectivity index (χ1n) is 2.90. The third kappa shape index (κ3) is 4.92. The van der Waals surface area contributed by atoms with Crippen molar-refractivity contribution in [3.63, 3.8) is 0 Å². The van der Waals surface area contributed by atoms with Gasteiger partial charge in [-0.05, 0) is 6.07 Å². The number of nitrogen functional groups attached to an aromatic ring is 1. The second-order valence-corrected chi connectivity index (χ2v) is 1.82. The monoisotopic (exact) mass is 206 g/mol. The molecule has 0 unspecified atom stereocenters. The van der Waals surface area contributed by atoms with Crippen molar-refractivity contribution in [1.82, 2.24) is 0 Å². The van der Waals surface area contributed by atoms with E-state index < -0.39 is 4.92 Å². The molecule has 0 aliphatic heterocycles. The van der Waals surface area contributed by atoms with Gasteiger partial charge in [-0.25, -0.2) is 0 Å². The van der Waals surface area contributed by atoms with E-state index in [1.54, 1.807) is 12.1 Å². The first-order chi connectivity index (χ1) is 5.72. The van der Waals surface area contributed by atoms with Gasteiger partial charge in [-0.1, -0.05) is 12.1 Å². The van der Waals surface area contributed by atoms with Crippen LogP contribution in [-0.2, 0) is 0 Å². The SMILES string of the molecule is N#N.Nc1ccccc1[N+](=O)[O-].[H-].[K+]. The maximum atomic E-state index is 10.1. The molecule has 0 bridgehead atoms. The van der Waals surface area contributed by atoms with Crippen molar-refractivity contribution in [3.05, 3.63) is 34.4 Å². The van der Waals surface area contributed by atoms with Crippen molar-refractivity contribution in [3.8, 4) is 0 Å². The van der Waals surface area contributed by atoms with E-state index in [2.05, 4.69) is 0 Å². The van der Waals surface area contributed by atoms with Gasteiger partial charge in [-0.2, -0.15) is 0 Å². The number of anilines is 1. The van der Waals surface area contributed by atoms with E-state index >= 15 is 0 Å². The maximum absolute atomic E-state index is 10.1. The molecule has 0 heterocycles. The van der Waals surface area contributed by atoms with E-state index in [9.17, 15) is 10.1 Å². The van der Waals surface area contributed by atoms with Crippen LogP contribution in [0.1, 0.15) is 1.43 Å². The Kier molecular flexibility index (Phi) is 9.32. The van der Waals surface area contributed by atoms with Gasteiger partial charge in [0.2, 0.25) is 0 Å². The molecular weight excluding hydrogens is 199 g/mol. The van der Waals surface area contributed by atoms with E-state index in [4.69, 9.17) is 16.5 Å². The topological polar surface area (TPSA) is 117 Å². The number of nitro benzene ring substituents is 1. The summed E-state index contributed by atoms with van der Waals surface area (Å²) >= 11 is 0. The fraction of sp³-hybridized carbons (Fsp3) is 0. The Balaban J connectivity index is -0.000000284. The number of nitrogens with two attached hydrogens (primary N) is 1. The minimum atomic E-state index is -0.505. The van der Waals surface area contributed by atoms with Gasteiger partial charge < -0.3 is 7.16 Å². The molecule has 0 aliphatic carbocycles. The smallest absolute Gasteiger partial charge is 1.00 e. The normalized spacial score (nSPS) is 7.23. The number of hydrogen-bond donors (Lipinski definition) is 1. The van der Waals surface area contributed by atoms with Gasteiger partial charge in [0.25, 0.3) is 5.69 Å². The van der Waals surface area contributed by atoms with Crippen LogP contribution < -0.4 is 57.1 Å². The van der Waals surface area contributed by atoms with Crippen LogP contribution in [0.2, 0.25) is 0 Å². The van der Waals surface area contributed by atoms with Crippen molar-refractivity contribution >= 4 is 11.4 Å². The van der Waals surface area contributed by atoms with E-state index in [0.29, 0.717) is 0 Å². The fourth-order valence-corrected chi connectivity index (χ4v) is 0.654. The third-order valence-electron chi connectivity index (χ3n) is 1.13. The van der Waals surface area contributed by atoms with Gasteiger partial charge in [-0.15, -0.1) is 0 Å². The van der Waals surface area contributed by atoms with E-state index in [0.717, 1.165) is 0 Å². The summed E-state index contributed by atoms with van der Waals surface area (Å²) in [5, 5.41) is 22.1. The van der Waals surface area contributed by atoms with Crippen LogP contribution in [0, 0.1) is 20.9 Å². The number of benzene rings is 1. The molecule has 13 heavy (non-hydrogen) atoms. The summed E-state index contributed by atoms with van der Waals surface area (Å²) in [4.78, 5) is 9.64. The van der Waals surface area contributed by atoms with Crippen molar-refractivity contribution in [2.75, 3.05) is 5.73 Å². The average molecular weight is 206 g/mol.